The highest BCUT2D eigenvalue weighted by atomic mass is 35.5. The molecule has 0 N–H and O–H groups in total. The number of ether oxygens (including phenoxy) is 1. The highest BCUT2D eigenvalue weighted by molar-refractivity contribution is 7.97. The molecule has 5 heteroatoms. The molecule has 0 aliphatic heterocycles. The second-order valence-corrected chi connectivity index (χ2v) is 6.15. The molecule has 0 heterocycles. The van der Waals surface area contributed by atoms with Crippen molar-refractivity contribution in [3.8, 4) is 5.75 Å². The number of aryl methyl sites for hydroxylation is 1. The minimum Gasteiger partial charge on any atom is -0.497 e. The fourth-order valence-electron chi connectivity index (χ4n) is 1.73. The molecule has 3 nitrogen and oxygen atoms in total. The first kappa shape index (κ1) is 15.7. The number of halogens is 1. The summed E-state index contributed by atoms with van der Waals surface area (Å²) in [6, 6.07) is 13.6. The van der Waals surface area contributed by atoms with Crippen LogP contribution in [0.1, 0.15) is 5.56 Å². The SMILES string of the molecule is COc1ccc(SN(C)C=Nc2ccc(Cl)cc2C)cc1. The van der Waals surface area contributed by atoms with Crippen LogP contribution in [0, 0.1) is 6.92 Å². The molecule has 0 bridgehead atoms. The maximum absolute atomic E-state index is 5.94. The van der Waals surface area contributed by atoms with Gasteiger partial charge in [0.1, 0.15) is 12.1 Å². The smallest absolute Gasteiger partial charge is 0.118 e. The quantitative estimate of drug-likeness (QED) is 0.442. The van der Waals surface area contributed by atoms with Gasteiger partial charge in [-0.25, -0.2) is 4.99 Å². The van der Waals surface area contributed by atoms with Gasteiger partial charge in [-0.15, -0.1) is 0 Å². The average molecular weight is 321 g/mol. The molecule has 0 saturated carbocycles. The Balaban J connectivity index is 1.99. The molecule has 0 amide bonds. The van der Waals surface area contributed by atoms with Gasteiger partial charge in [-0.3, -0.25) is 0 Å². The van der Waals surface area contributed by atoms with E-state index in [1.165, 1.54) is 0 Å². The van der Waals surface area contributed by atoms with Gasteiger partial charge in [0.25, 0.3) is 0 Å². The molecule has 0 atom stereocenters. The summed E-state index contributed by atoms with van der Waals surface area (Å²) in [4.78, 5) is 5.60. The molecule has 0 spiro atoms. The number of aliphatic imine (C=N–C) groups is 1. The van der Waals surface area contributed by atoms with Crippen molar-refractivity contribution in [2.45, 2.75) is 11.8 Å². The fraction of sp³-hybridized carbons (Fsp3) is 0.188. The van der Waals surface area contributed by atoms with Crippen molar-refractivity contribution in [1.29, 1.82) is 0 Å². The van der Waals surface area contributed by atoms with Crippen LogP contribution < -0.4 is 4.74 Å². The van der Waals surface area contributed by atoms with Gasteiger partial charge < -0.3 is 9.04 Å². The first-order valence-electron chi connectivity index (χ1n) is 6.43. The number of benzene rings is 2. The van der Waals surface area contributed by atoms with Gasteiger partial charge in [-0.1, -0.05) is 11.6 Å². The molecule has 2 aromatic rings. The monoisotopic (exact) mass is 320 g/mol. The lowest BCUT2D eigenvalue weighted by molar-refractivity contribution is 0.414. The summed E-state index contributed by atoms with van der Waals surface area (Å²) in [5.41, 5.74) is 1.98. The summed E-state index contributed by atoms with van der Waals surface area (Å²) < 4.78 is 7.10. The van der Waals surface area contributed by atoms with Crippen LogP contribution in [-0.4, -0.2) is 24.8 Å². The summed E-state index contributed by atoms with van der Waals surface area (Å²) >= 11 is 7.53. The van der Waals surface area contributed by atoms with Crippen molar-refractivity contribution in [2.24, 2.45) is 4.99 Å². The fourth-order valence-corrected chi connectivity index (χ4v) is 2.64. The molecule has 0 saturated heterocycles. The number of methoxy groups -OCH3 is 1. The summed E-state index contributed by atoms with van der Waals surface area (Å²) in [6.45, 7) is 2.00. The molecule has 0 unspecified atom stereocenters. The molecule has 21 heavy (non-hydrogen) atoms. The third-order valence-corrected chi connectivity index (χ3v) is 3.93. The number of hydrogen-bond donors (Lipinski definition) is 0. The van der Waals surface area contributed by atoms with Gasteiger partial charge in [0, 0.05) is 17.0 Å². The third-order valence-electron chi connectivity index (χ3n) is 2.83. The van der Waals surface area contributed by atoms with Crippen molar-refractivity contribution in [3.05, 3.63) is 53.1 Å². The highest BCUT2D eigenvalue weighted by Crippen LogP contribution is 2.25. The number of rotatable bonds is 5. The normalized spacial score (nSPS) is 10.9. The van der Waals surface area contributed by atoms with Gasteiger partial charge in [0.05, 0.1) is 12.8 Å². The largest absolute Gasteiger partial charge is 0.497 e. The summed E-state index contributed by atoms with van der Waals surface area (Å²) in [7, 11) is 3.62. The molecule has 0 aromatic heterocycles. The zero-order valence-corrected chi connectivity index (χ0v) is 13.8. The Morgan fingerprint density at radius 1 is 1.19 bits per heavy atom. The first-order valence-corrected chi connectivity index (χ1v) is 7.59. The zero-order chi connectivity index (χ0) is 15.2. The minimum atomic E-state index is 0.729. The lowest BCUT2D eigenvalue weighted by Crippen LogP contribution is -2.04. The van der Waals surface area contributed by atoms with E-state index in [1.807, 2.05) is 60.7 Å². The zero-order valence-electron chi connectivity index (χ0n) is 12.2. The van der Waals surface area contributed by atoms with E-state index in [9.17, 15) is 0 Å². The summed E-state index contributed by atoms with van der Waals surface area (Å²) in [5, 5.41) is 0.729. The molecular weight excluding hydrogens is 304 g/mol. The Labute approximate surface area is 134 Å². The molecule has 2 aromatic carbocycles. The molecule has 0 aliphatic carbocycles. The molecule has 0 aliphatic rings. The van der Waals surface area contributed by atoms with Gasteiger partial charge in [-0.05, 0) is 66.9 Å². The Bertz CT molecular complexity index is 629. The van der Waals surface area contributed by atoms with E-state index < -0.39 is 0 Å². The number of hydrogen-bond acceptors (Lipinski definition) is 3. The highest BCUT2D eigenvalue weighted by Gasteiger charge is 2.00. The molecular formula is C16H17ClN2OS. The van der Waals surface area contributed by atoms with E-state index in [4.69, 9.17) is 16.3 Å². The Hall–Kier alpha value is -1.65. The van der Waals surface area contributed by atoms with Crippen LogP contribution in [0.25, 0.3) is 0 Å². The lowest BCUT2D eigenvalue weighted by atomic mass is 10.2. The summed E-state index contributed by atoms with van der Waals surface area (Å²) in [5.74, 6) is 0.854. The Morgan fingerprint density at radius 3 is 2.52 bits per heavy atom. The predicted octanol–water partition coefficient (Wildman–Crippen LogP) is 4.96. The standard InChI is InChI=1S/C16H17ClN2OS/c1-12-10-13(17)4-9-16(12)18-11-19(2)21-15-7-5-14(20-3)6-8-15/h4-11H,1-3H3. The average Bonchev–Trinajstić information content (AvgIpc) is 2.47. The van der Waals surface area contributed by atoms with Crippen LogP contribution >= 0.6 is 23.5 Å². The maximum atomic E-state index is 5.94. The van der Waals surface area contributed by atoms with E-state index in [0.29, 0.717) is 0 Å². The van der Waals surface area contributed by atoms with Crippen molar-refractivity contribution < 1.29 is 4.74 Å². The van der Waals surface area contributed by atoms with Gasteiger partial charge in [0.2, 0.25) is 0 Å². The van der Waals surface area contributed by atoms with E-state index in [2.05, 4.69) is 4.99 Å². The van der Waals surface area contributed by atoms with Crippen LogP contribution in [0.3, 0.4) is 0 Å². The lowest BCUT2D eigenvalue weighted by Gasteiger charge is -2.12. The van der Waals surface area contributed by atoms with Crippen LogP contribution in [0.2, 0.25) is 5.02 Å². The number of nitrogens with zero attached hydrogens (tertiary/aromatic N) is 2. The minimum absolute atomic E-state index is 0.729. The van der Waals surface area contributed by atoms with E-state index in [-0.39, 0.29) is 0 Å². The second kappa shape index (κ2) is 7.38. The van der Waals surface area contributed by atoms with Crippen molar-refractivity contribution >= 4 is 35.6 Å². The molecule has 2 rings (SSSR count). The van der Waals surface area contributed by atoms with Crippen LogP contribution in [-0.2, 0) is 0 Å². The van der Waals surface area contributed by atoms with Crippen LogP contribution in [0.5, 0.6) is 5.75 Å². The molecule has 0 radical (unpaired) electrons. The molecule has 110 valence electrons. The van der Waals surface area contributed by atoms with Crippen molar-refractivity contribution in [2.75, 3.05) is 14.2 Å². The second-order valence-electron chi connectivity index (χ2n) is 4.49. The van der Waals surface area contributed by atoms with Gasteiger partial charge in [0.15, 0.2) is 0 Å². The van der Waals surface area contributed by atoms with E-state index >= 15 is 0 Å². The first-order chi connectivity index (χ1) is 10.1. The third kappa shape index (κ3) is 4.69. The Morgan fingerprint density at radius 2 is 1.90 bits per heavy atom. The molecule has 0 fully saturated rings. The maximum Gasteiger partial charge on any atom is 0.118 e. The van der Waals surface area contributed by atoms with Crippen molar-refractivity contribution in [3.63, 3.8) is 0 Å². The van der Waals surface area contributed by atoms with Crippen molar-refractivity contribution in [1.82, 2.24) is 4.31 Å². The van der Waals surface area contributed by atoms with Gasteiger partial charge in [-0.2, -0.15) is 0 Å². The van der Waals surface area contributed by atoms with Crippen LogP contribution in [0.4, 0.5) is 5.69 Å². The van der Waals surface area contributed by atoms with E-state index in [1.54, 1.807) is 25.4 Å². The van der Waals surface area contributed by atoms with Crippen LogP contribution in [0.15, 0.2) is 52.4 Å². The topological polar surface area (TPSA) is 24.8 Å². The summed E-state index contributed by atoms with van der Waals surface area (Å²) in [6.07, 6.45) is 1.80. The Kier molecular flexibility index (Phi) is 5.53. The predicted molar refractivity (Wildman–Crippen MR) is 91.0 cm³/mol. The van der Waals surface area contributed by atoms with E-state index in [0.717, 1.165) is 26.9 Å². The van der Waals surface area contributed by atoms with Gasteiger partial charge >= 0.3 is 0 Å².